The maximum atomic E-state index is 13.3. The van der Waals surface area contributed by atoms with E-state index in [9.17, 15) is 4.79 Å². The van der Waals surface area contributed by atoms with Gasteiger partial charge in [0.1, 0.15) is 14.7 Å². The van der Waals surface area contributed by atoms with Gasteiger partial charge < -0.3 is 18.9 Å². The predicted molar refractivity (Wildman–Crippen MR) is 194 cm³/mol. The van der Waals surface area contributed by atoms with Gasteiger partial charge in [-0.2, -0.15) is 0 Å². The first-order valence-corrected chi connectivity index (χ1v) is 20.5. The van der Waals surface area contributed by atoms with Crippen LogP contribution < -0.4 is 5.46 Å². The average Bonchev–Trinajstić information content (AvgIpc) is 3.45. The van der Waals surface area contributed by atoms with Crippen LogP contribution in [0.4, 0.5) is 4.79 Å². The smallest absolute Gasteiger partial charge is 0.448 e. The molecule has 0 atom stereocenters. The van der Waals surface area contributed by atoms with Crippen molar-refractivity contribution in [3.05, 3.63) is 88.0 Å². The number of benzene rings is 3. The van der Waals surface area contributed by atoms with Crippen molar-refractivity contribution in [3.8, 4) is 22.6 Å². The summed E-state index contributed by atoms with van der Waals surface area (Å²) < 4.78 is 19.1. The molecule has 1 aliphatic carbocycles. The number of amides is 1. The van der Waals surface area contributed by atoms with Crippen molar-refractivity contribution < 1.29 is 18.8 Å². The fourth-order valence-corrected chi connectivity index (χ4v) is 7.38. The van der Waals surface area contributed by atoms with E-state index in [1.165, 1.54) is 33.4 Å². The summed E-state index contributed by atoms with van der Waals surface area (Å²) in [5.41, 5.74) is 13.4. The molecule has 0 unspecified atom stereocenters. The third-order valence-electron chi connectivity index (χ3n) is 10.4. The van der Waals surface area contributed by atoms with E-state index in [0.717, 1.165) is 36.2 Å². The maximum absolute atomic E-state index is 13.3. The second-order valence-corrected chi connectivity index (χ2v) is 20.2. The van der Waals surface area contributed by atoms with Crippen LogP contribution in [0.25, 0.3) is 11.1 Å². The molecule has 0 aromatic heterocycles. The Balaban J connectivity index is 1.14. The lowest BCUT2D eigenvalue weighted by molar-refractivity contribution is 0.00578. The van der Waals surface area contributed by atoms with Crippen molar-refractivity contribution in [2.75, 3.05) is 32.8 Å². The molecule has 0 bridgehead atoms. The van der Waals surface area contributed by atoms with Gasteiger partial charge in [0.05, 0.1) is 11.2 Å². The molecule has 3 aromatic carbocycles. The Morgan fingerprint density at radius 3 is 2.00 bits per heavy atom. The molecule has 2 fully saturated rings. The van der Waals surface area contributed by atoms with Crippen LogP contribution in [0, 0.1) is 25.3 Å². The number of piperazine rings is 1. The van der Waals surface area contributed by atoms with Crippen molar-refractivity contribution in [1.82, 2.24) is 9.80 Å². The van der Waals surface area contributed by atoms with Crippen molar-refractivity contribution >= 4 is 26.7 Å². The molecule has 246 valence electrons. The Kier molecular flexibility index (Phi) is 8.99. The minimum absolute atomic E-state index is 0.0635. The summed E-state index contributed by atoms with van der Waals surface area (Å²) in [5.74, 6) is 3.61. The zero-order valence-electron chi connectivity index (χ0n) is 29.6. The lowest BCUT2D eigenvalue weighted by Gasteiger charge is -2.35. The summed E-state index contributed by atoms with van der Waals surface area (Å²) in [5, 5.41) is 0. The van der Waals surface area contributed by atoms with Crippen molar-refractivity contribution in [1.29, 1.82) is 0 Å². The summed E-state index contributed by atoms with van der Waals surface area (Å²) >= 11 is 0. The number of hydrogen-bond acceptors (Lipinski definition) is 5. The molecule has 8 heteroatoms. The SMILES string of the molecule is Cc1c(C#C[Si](C)(C)C)cc(CN2CCN(C(=O)OCC3c4ccccc4-c4ccccc43)CC2)c(C)c1B1OC(C)(C)C(C)(C)O1. The molecule has 0 saturated carbocycles. The van der Waals surface area contributed by atoms with Gasteiger partial charge in [0.25, 0.3) is 0 Å². The molecular formula is C39H49BN2O4Si. The average molecular weight is 649 g/mol. The van der Waals surface area contributed by atoms with E-state index in [1.807, 2.05) is 4.90 Å². The lowest BCUT2D eigenvalue weighted by Crippen LogP contribution is -2.49. The number of carbonyl (C=O) groups is 1. The molecule has 6 nitrogen and oxygen atoms in total. The molecule has 3 aromatic rings. The molecule has 2 heterocycles. The molecular weight excluding hydrogens is 599 g/mol. The van der Waals surface area contributed by atoms with Gasteiger partial charge in [0.15, 0.2) is 0 Å². The number of hydrogen-bond donors (Lipinski definition) is 0. The van der Waals surface area contributed by atoms with Crippen LogP contribution in [-0.2, 0) is 20.6 Å². The van der Waals surface area contributed by atoms with Gasteiger partial charge >= 0.3 is 13.2 Å². The molecule has 0 radical (unpaired) electrons. The van der Waals surface area contributed by atoms with E-state index in [2.05, 4.69) is 132 Å². The van der Waals surface area contributed by atoms with Crippen LogP contribution in [-0.4, -0.2) is 75.1 Å². The normalized spacial score (nSPS) is 18.8. The van der Waals surface area contributed by atoms with Gasteiger partial charge in [-0.05, 0) is 92.0 Å². The van der Waals surface area contributed by atoms with E-state index in [4.69, 9.17) is 14.0 Å². The van der Waals surface area contributed by atoms with E-state index in [1.54, 1.807) is 0 Å². The molecule has 2 aliphatic heterocycles. The minimum Gasteiger partial charge on any atom is -0.448 e. The highest BCUT2D eigenvalue weighted by Crippen LogP contribution is 2.44. The molecule has 6 rings (SSSR count). The Morgan fingerprint density at radius 1 is 0.894 bits per heavy atom. The molecule has 0 N–H and O–H groups in total. The first-order valence-electron chi connectivity index (χ1n) is 17.0. The summed E-state index contributed by atoms with van der Waals surface area (Å²) in [4.78, 5) is 17.6. The summed E-state index contributed by atoms with van der Waals surface area (Å²) in [6, 6.07) is 19.2. The van der Waals surface area contributed by atoms with Crippen LogP contribution in [0.5, 0.6) is 0 Å². The van der Waals surface area contributed by atoms with Crippen molar-refractivity contribution in [3.63, 3.8) is 0 Å². The first kappa shape index (κ1) is 33.5. The largest absolute Gasteiger partial charge is 0.495 e. The molecule has 47 heavy (non-hydrogen) atoms. The van der Waals surface area contributed by atoms with E-state index in [0.29, 0.717) is 19.7 Å². The van der Waals surface area contributed by atoms with Crippen LogP contribution in [0.1, 0.15) is 67.0 Å². The molecule has 1 amide bonds. The topological polar surface area (TPSA) is 51.2 Å². The van der Waals surface area contributed by atoms with Crippen LogP contribution >= 0.6 is 0 Å². The quantitative estimate of drug-likeness (QED) is 0.223. The van der Waals surface area contributed by atoms with Gasteiger partial charge in [-0.15, -0.1) is 5.54 Å². The highest BCUT2D eigenvalue weighted by Gasteiger charge is 2.52. The van der Waals surface area contributed by atoms with E-state index < -0.39 is 26.4 Å². The number of nitrogens with zero attached hydrogens (tertiary/aromatic N) is 2. The van der Waals surface area contributed by atoms with Crippen LogP contribution in [0.3, 0.4) is 0 Å². The Labute approximate surface area is 282 Å². The standard InChI is InChI=1S/C39H49BN2O4Si/c1-27-29(18-23-47(7,8)9)24-30(28(2)36(27)40-45-38(3,4)39(5,6)46-40)25-41-19-21-42(22-20-41)37(43)44-26-35-33-16-12-10-14-31(33)32-15-11-13-17-34(32)35/h10-17,24,35H,19-22,25-26H2,1-9H3. The minimum atomic E-state index is -1.58. The van der Waals surface area contributed by atoms with Crippen molar-refractivity contribution in [2.24, 2.45) is 0 Å². The van der Waals surface area contributed by atoms with Gasteiger partial charge in [0, 0.05) is 44.2 Å². The lowest BCUT2D eigenvalue weighted by atomic mass is 9.71. The zero-order valence-corrected chi connectivity index (χ0v) is 30.6. The Morgan fingerprint density at radius 2 is 1.45 bits per heavy atom. The second kappa shape index (κ2) is 12.6. The number of ether oxygens (including phenoxy) is 1. The van der Waals surface area contributed by atoms with Gasteiger partial charge in [-0.25, -0.2) is 4.79 Å². The predicted octanol–water partition coefficient (Wildman–Crippen LogP) is 6.90. The summed E-state index contributed by atoms with van der Waals surface area (Å²) in [7, 11) is -2.03. The molecule has 2 saturated heterocycles. The Hall–Kier alpha value is -3.35. The monoisotopic (exact) mass is 648 g/mol. The fraction of sp³-hybridized carbons (Fsp3) is 0.462. The van der Waals surface area contributed by atoms with Gasteiger partial charge in [-0.1, -0.05) is 74.1 Å². The van der Waals surface area contributed by atoms with Crippen LogP contribution in [0.15, 0.2) is 54.6 Å². The summed E-state index contributed by atoms with van der Waals surface area (Å²) in [6.45, 7) is 23.5. The van der Waals surface area contributed by atoms with Crippen molar-refractivity contribution in [2.45, 2.75) is 84.8 Å². The molecule has 3 aliphatic rings. The van der Waals surface area contributed by atoms with Gasteiger partial charge in [0.2, 0.25) is 0 Å². The third-order valence-corrected chi connectivity index (χ3v) is 11.3. The second-order valence-electron chi connectivity index (χ2n) is 15.4. The third kappa shape index (κ3) is 6.69. The number of fused-ring (bicyclic) bond motifs is 3. The highest BCUT2D eigenvalue weighted by atomic mass is 28.3. The summed E-state index contributed by atoms with van der Waals surface area (Å²) in [6.07, 6.45) is -0.231. The first-order chi connectivity index (χ1) is 22.1. The fourth-order valence-electron chi connectivity index (χ4n) is 6.87. The number of rotatable bonds is 5. The van der Waals surface area contributed by atoms with Gasteiger partial charge in [-0.3, -0.25) is 4.90 Å². The zero-order chi connectivity index (χ0) is 33.7. The van der Waals surface area contributed by atoms with E-state index >= 15 is 0 Å². The number of carbonyl (C=O) groups excluding carboxylic acids is 1. The maximum Gasteiger partial charge on any atom is 0.495 e. The Bertz CT molecular complexity index is 1680. The highest BCUT2D eigenvalue weighted by molar-refractivity contribution is 6.83. The molecule has 0 spiro atoms. The van der Waals surface area contributed by atoms with Crippen LogP contribution in [0.2, 0.25) is 19.6 Å². The van der Waals surface area contributed by atoms with E-state index in [-0.39, 0.29) is 12.0 Å².